The second-order valence-corrected chi connectivity index (χ2v) is 8.93. The van der Waals surface area contributed by atoms with E-state index in [0.717, 1.165) is 16.7 Å². The average Bonchev–Trinajstić information content (AvgIpc) is 3.09. The molecule has 0 spiro atoms. The Hall–Kier alpha value is -3.77. The fraction of sp³-hybridized carbons (Fsp3) is 0.185. The summed E-state index contributed by atoms with van der Waals surface area (Å²) in [6.07, 6.45) is 0. The van der Waals surface area contributed by atoms with Gasteiger partial charge in [0, 0.05) is 11.6 Å². The van der Waals surface area contributed by atoms with Crippen molar-refractivity contribution in [2.75, 3.05) is 7.11 Å². The first kappa shape index (κ1) is 22.0. The van der Waals surface area contributed by atoms with Crippen LogP contribution in [0.3, 0.4) is 0 Å². The quantitative estimate of drug-likeness (QED) is 0.420. The van der Waals surface area contributed by atoms with Crippen LogP contribution in [0.4, 0.5) is 0 Å². The normalized spacial score (nSPS) is 15.1. The van der Waals surface area contributed by atoms with Crippen LogP contribution in [0.5, 0.6) is 11.5 Å². The molecule has 7 heteroatoms. The van der Waals surface area contributed by atoms with Crippen LogP contribution in [0.25, 0.3) is 11.0 Å². The Morgan fingerprint density at radius 3 is 2.50 bits per heavy atom. The fourth-order valence-corrected chi connectivity index (χ4v) is 4.57. The molecule has 0 saturated carbocycles. The molecule has 5 rings (SSSR count). The van der Waals surface area contributed by atoms with Crippen LogP contribution in [-0.2, 0) is 6.54 Å². The van der Waals surface area contributed by atoms with Crippen molar-refractivity contribution in [3.8, 4) is 11.5 Å². The average molecular weight is 476 g/mol. The molecule has 0 saturated heterocycles. The van der Waals surface area contributed by atoms with Crippen LogP contribution >= 0.6 is 11.6 Å². The summed E-state index contributed by atoms with van der Waals surface area (Å²) in [4.78, 5) is 28.9. The van der Waals surface area contributed by atoms with Crippen molar-refractivity contribution in [2.24, 2.45) is 0 Å². The molecule has 6 nitrogen and oxygen atoms in total. The number of ether oxygens (including phenoxy) is 1. The molecule has 0 bridgehead atoms. The molecule has 0 fully saturated rings. The number of benzene rings is 3. The van der Waals surface area contributed by atoms with Crippen molar-refractivity contribution >= 4 is 28.5 Å². The molecule has 34 heavy (non-hydrogen) atoms. The van der Waals surface area contributed by atoms with E-state index in [1.807, 2.05) is 38.1 Å². The SMILES string of the molecule is COc1cc([C@H]2c3c(oc4cc(C)c(Cl)cc4c3=O)C(=O)N2Cc2ccc(C)cc2)ccc1O. The third kappa shape index (κ3) is 3.51. The third-order valence-corrected chi connectivity index (χ3v) is 6.65. The minimum atomic E-state index is -0.723. The smallest absolute Gasteiger partial charge is 0.291 e. The van der Waals surface area contributed by atoms with Gasteiger partial charge in [-0.3, -0.25) is 9.59 Å². The predicted molar refractivity (Wildman–Crippen MR) is 130 cm³/mol. The maximum absolute atomic E-state index is 13.7. The number of phenolic OH excluding ortho intramolecular Hbond substituents is 1. The van der Waals surface area contributed by atoms with Gasteiger partial charge in [0.1, 0.15) is 5.58 Å². The van der Waals surface area contributed by atoms with Gasteiger partial charge in [0.05, 0.1) is 24.1 Å². The standard InChI is InChI=1S/C27H22ClNO5/c1-14-4-6-16(7-5-14)13-29-24(17-8-9-20(30)22(11-17)33-3)23-25(31)18-12-19(28)15(2)10-21(18)34-26(23)27(29)32/h4-12,24,30H,13H2,1-3H3/t24-/m0/s1. The van der Waals surface area contributed by atoms with E-state index < -0.39 is 6.04 Å². The monoisotopic (exact) mass is 475 g/mol. The molecule has 1 N–H and O–H groups in total. The van der Waals surface area contributed by atoms with Gasteiger partial charge < -0.3 is 19.2 Å². The predicted octanol–water partition coefficient (Wildman–Crippen LogP) is 5.52. The maximum Gasteiger partial charge on any atom is 0.291 e. The largest absolute Gasteiger partial charge is 0.504 e. The van der Waals surface area contributed by atoms with Gasteiger partial charge >= 0.3 is 0 Å². The van der Waals surface area contributed by atoms with E-state index >= 15 is 0 Å². The van der Waals surface area contributed by atoms with E-state index in [1.54, 1.807) is 29.2 Å². The van der Waals surface area contributed by atoms with E-state index in [1.165, 1.54) is 13.2 Å². The van der Waals surface area contributed by atoms with Crippen LogP contribution in [0.15, 0.2) is 63.8 Å². The lowest BCUT2D eigenvalue weighted by Crippen LogP contribution is -2.29. The lowest BCUT2D eigenvalue weighted by molar-refractivity contribution is 0.0714. The van der Waals surface area contributed by atoms with Crippen molar-refractivity contribution in [3.05, 3.63) is 103 Å². The number of hydrogen-bond donors (Lipinski definition) is 1. The van der Waals surface area contributed by atoms with E-state index in [0.29, 0.717) is 21.6 Å². The molecule has 2 heterocycles. The van der Waals surface area contributed by atoms with Crippen LogP contribution in [0, 0.1) is 13.8 Å². The fourth-order valence-electron chi connectivity index (χ4n) is 4.40. The lowest BCUT2D eigenvalue weighted by Gasteiger charge is -2.25. The highest BCUT2D eigenvalue weighted by Crippen LogP contribution is 2.41. The number of aryl methyl sites for hydroxylation is 2. The van der Waals surface area contributed by atoms with Crippen molar-refractivity contribution in [3.63, 3.8) is 0 Å². The summed E-state index contributed by atoms with van der Waals surface area (Å²) in [6.45, 7) is 4.08. The van der Waals surface area contributed by atoms with Gasteiger partial charge in [-0.15, -0.1) is 0 Å². The Morgan fingerprint density at radius 2 is 1.79 bits per heavy atom. The van der Waals surface area contributed by atoms with E-state index in [2.05, 4.69) is 0 Å². The van der Waals surface area contributed by atoms with Gasteiger partial charge in [-0.25, -0.2) is 0 Å². The number of methoxy groups -OCH3 is 1. The van der Waals surface area contributed by atoms with Crippen LogP contribution in [-0.4, -0.2) is 23.0 Å². The Bertz CT molecular complexity index is 1510. The number of phenols is 1. The number of aromatic hydroxyl groups is 1. The minimum Gasteiger partial charge on any atom is -0.504 e. The van der Waals surface area contributed by atoms with E-state index in [4.69, 9.17) is 20.8 Å². The van der Waals surface area contributed by atoms with Crippen LogP contribution in [0.2, 0.25) is 5.02 Å². The highest BCUT2D eigenvalue weighted by atomic mass is 35.5. The summed E-state index contributed by atoms with van der Waals surface area (Å²) < 4.78 is 11.3. The number of fused-ring (bicyclic) bond motifs is 2. The summed E-state index contributed by atoms with van der Waals surface area (Å²) >= 11 is 6.30. The molecule has 1 aliphatic rings. The molecular formula is C27H22ClNO5. The Kier molecular flexibility index (Phi) is 5.33. The molecule has 4 aromatic rings. The molecule has 1 aromatic heterocycles. The summed E-state index contributed by atoms with van der Waals surface area (Å²) in [7, 11) is 1.45. The molecule has 172 valence electrons. The first-order chi connectivity index (χ1) is 16.3. The molecular weight excluding hydrogens is 454 g/mol. The summed E-state index contributed by atoms with van der Waals surface area (Å²) in [5.41, 5.74) is 3.65. The number of amides is 1. The van der Waals surface area contributed by atoms with Gasteiger partial charge in [0.2, 0.25) is 5.76 Å². The van der Waals surface area contributed by atoms with E-state index in [9.17, 15) is 14.7 Å². The van der Waals surface area contributed by atoms with Gasteiger partial charge in [-0.05, 0) is 54.8 Å². The molecule has 1 aliphatic heterocycles. The number of rotatable bonds is 4. The van der Waals surface area contributed by atoms with E-state index in [-0.39, 0.29) is 40.7 Å². The molecule has 1 atom stereocenters. The zero-order valence-corrected chi connectivity index (χ0v) is 19.6. The first-order valence-electron chi connectivity index (χ1n) is 10.8. The van der Waals surface area contributed by atoms with Crippen LogP contribution in [0.1, 0.15) is 44.4 Å². The molecule has 0 aliphatic carbocycles. The summed E-state index contributed by atoms with van der Waals surface area (Å²) in [5, 5.41) is 10.9. The van der Waals surface area contributed by atoms with Gasteiger partial charge in [0.15, 0.2) is 16.9 Å². The highest BCUT2D eigenvalue weighted by Gasteiger charge is 2.43. The minimum absolute atomic E-state index is 0.0170. The Labute approximate surface area is 201 Å². The van der Waals surface area contributed by atoms with Gasteiger partial charge in [-0.1, -0.05) is 47.5 Å². The second-order valence-electron chi connectivity index (χ2n) is 8.52. The maximum atomic E-state index is 13.7. The van der Waals surface area contributed by atoms with Crippen molar-refractivity contribution in [1.82, 2.24) is 4.90 Å². The molecule has 3 aromatic carbocycles. The number of carbonyl (C=O) groups is 1. The third-order valence-electron chi connectivity index (χ3n) is 6.24. The molecule has 0 radical (unpaired) electrons. The first-order valence-corrected chi connectivity index (χ1v) is 11.2. The zero-order valence-electron chi connectivity index (χ0n) is 18.9. The second kappa shape index (κ2) is 8.22. The number of hydrogen-bond acceptors (Lipinski definition) is 5. The molecule has 0 unspecified atom stereocenters. The summed E-state index contributed by atoms with van der Waals surface area (Å²) in [6, 6.07) is 15.2. The topological polar surface area (TPSA) is 80.0 Å². The zero-order chi connectivity index (χ0) is 24.1. The van der Waals surface area contributed by atoms with Crippen LogP contribution < -0.4 is 10.2 Å². The molecule has 1 amide bonds. The highest BCUT2D eigenvalue weighted by molar-refractivity contribution is 6.32. The number of nitrogens with zero attached hydrogens (tertiary/aromatic N) is 1. The number of carbonyl (C=O) groups excluding carboxylic acids is 1. The van der Waals surface area contributed by atoms with Gasteiger partial charge in [-0.2, -0.15) is 0 Å². The lowest BCUT2D eigenvalue weighted by atomic mass is 9.97. The Balaban J connectivity index is 1.74. The van der Waals surface area contributed by atoms with Crippen molar-refractivity contribution in [1.29, 1.82) is 0 Å². The number of halogens is 1. The Morgan fingerprint density at radius 1 is 1.06 bits per heavy atom. The van der Waals surface area contributed by atoms with Crippen molar-refractivity contribution < 1.29 is 19.1 Å². The summed E-state index contributed by atoms with van der Waals surface area (Å²) in [5.74, 6) is -0.145. The van der Waals surface area contributed by atoms with Gasteiger partial charge in [0.25, 0.3) is 5.91 Å². The van der Waals surface area contributed by atoms with Crippen molar-refractivity contribution in [2.45, 2.75) is 26.4 Å².